The summed E-state index contributed by atoms with van der Waals surface area (Å²) in [6.07, 6.45) is 1.01. The molecule has 0 radical (unpaired) electrons. The number of benzene rings is 2. The maximum atomic E-state index is 13.7. The van der Waals surface area contributed by atoms with Crippen LogP contribution in [-0.2, 0) is 18.3 Å². The molecule has 7 heteroatoms. The highest BCUT2D eigenvalue weighted by Gasteiger charge is 2.25. The standard InChI is InChI=1S/C26H28N4O2S/c1-5-24(31)27-19-15-20(26(32)29(3)17(2)22-12-9-13-33-22)25-21(16-19)28-23(30(25)4)14-18-10-7-6-8-11-18/h6-13,15-17H,5,14H2,1-4H3,(H,27,31). The Hall–Kier alpha value is -3.45. The van der Waals surface area contributed by atoms with Gasteiger partial charge in [0.1, 0.15) is 5.82 Å². The third-order valence-electron chi connectivity index (χ3n) is 5.96. The number of fused-ring (bicyclic) bond motifs is 1. The number of thiophene rings is 1. The summed E-state index contributed by atoms with van der Waals surface area (Å²) in [6.45, 7) is 3.82. The number of hydrogen-bond donors (Lipinski definition) is 1. The molecule has 2 heterocycles. The Kier molecular flexibility index (Phi) is 6.60. The van der Waals surface area contributed by atoms with Crippen molar-refractivity contribution in [3.05, 3.63) is 81.8 Å². The second-order valence-electron chi connectivity index (χ2n) is 8.15. The van der Waals surface area contributed by atoms with Gasteiger partial charge < -0.3 is 14.8 Å². The number of imidazole rings is 1. The molecule has 2 aromatic heterocycles. The van der Waals surface area contributed by atoms with E-state index in [-0.39, 0.29) is 17.9 Å². The Balaban J connectivity index is 1.79. The summed E-state index contributed by atoms with van der Waals surface area (Å²) in [7, 11) is 3.76. The van der Waals surface area contributed by atoms with Crippen molar-refractivity contribution in [1.82, 2.24) is 14.5 Å². The number of aryl methyl sites for hydroxylation is 1. The van der Waals surface area contributed by atoms with E-state index in [0.29, 0.717) is 29.6 Å². The third-order valence-corrected chi connectivity index (χ3v) is 7.00. The molecule has 1 N–H and O–H groups in total. The lowest BCUT2D eigenvalue weighted by atomic mass is 10.1. The molecule has 0 aliphatic heterocycles. The van der Waals surface area contributed by atoms with E-state index in [4.69, 9.17) is 4.98 Å². The number of rotatable bonds is 7. The maximum Gasteiger partial charge on any atom is 0.256 e. The van der Waals surface area contributed by atoms with Crippen LogP contribution in [0.2, 0.25) is 0 Å². The van der Waals surface area contributed by atoms with E-state index in [1.807, 2.05) is 67.4 Å². The van der Waals surface area contributed by atoms with Crippen molar-refractivity contribution in [3.8, 4) is 0 Å². The fourth-order valence-electron chi connectivity index (χ4n) is 3.91. The van der Waals surface area contributed by atoms with Crippen LogP contribution >= 0.6 is 11.3 Å². The minimum Gasteiger partial charge on any atom is -0.334 e. The second-order valence-corrected chi connectivity index (χ2v) is 9.13. The first kappa shape index (κ1) is 22.7. The predicted octanol–water partition coefficient (Wildman–Crippen LogP) is 5.41. The zero-order valence-corrected chi connectivity index (χ0v) is 20.1. The first-order valence-corrected chi connectivity index (χ1v) is 11.9. The average molecular weight is 461 g/mol. The predicted molar refractivity (Wildman–Crippen MR) is 134 cm³/mol. The highest BCUT2D eigenvalue weighted by molar-refractivity contribution is 7.10. The maximum absolute atomic E-state index is 13.7. The molecule has 0 fully saturated rings. The minimum atomic E-state index is -0.109. The zero-order valence-electron chi connectivity index (χ0n) is 19.3. The number of carbonyl (C=O) groups is 2. The molecule has 0 saturated heterocycles. The third kappa shape index (κ3) is 4.68. The highest BCUT2D eigenvalue weighted by atomic mass is 32.1. The molecule has 1 atom stereocenters. The Morgan fingerprint density at radius 1 is 1.15 bits per heavy atom. The van der Waals surface area contributed by atoms with E-state index >= 15 is 0 Å². The molecule has 33 heavy (non-hydrogen) atoms. The smallest absolute Gasteiger partial charge is 0.256 e. The Labute approximate surface area is 197 Å². The number of aromatic nitrogens is 2. The summed E-state index contributed by atoms with van der Waals surface area (Å²) in [5, 5.41) is 4.91. The van der Waals surface area contributed by atoms with E-state index in [1.165, 1.54) is 0 Å². The summed E-state index contributed by atoms with van der Waals surface area (Å²) in [4.78, 5) is 33.5. The van der Waals surface area contributed by atoms with Gasteiger partial charge in [0.25, 0.3) is 5.91 Å². The van der Waals surface area contributed by atoms with E-state index in [2.05, 4.69) is 17.4 Å². The molecule has 6 nitrogen and oxygen atoms in total. The van der Waals surface area contributed by atoms with Crippen LogP contribution in [0.1, 0.15) is 52.9 Å². The van der Waals surface area contributed by atoms with Crippen LogP contribution in [0.15, 0.2) is 60.0 Å². The molecule has 0 aliphatic rings. The summed E-state index contributed by atoms with van der Waals surface area (Å²) in [5.74, 6) is 0.648. The van der Waals surface area contributed by atoms with Crippen LogP contribution in [0.3, 0.4) is 0 Å². The summed E-state index contributed by atoms with van der Waals surface area (Å²) < 4.78 is 1.99. The van der Waals surface area contributed by atoms with Crippen molar-refractivity contribution in [3.63, 3.8) is 0 Å². The Morgan fingerprint density at radius 3 is 2.58 bits per heavy atom. The molecule has 2 amide bonds. The zero-order chi connectivity index (χ0) is 23.5. The molecule has 4 rings (SSSR count). The van der Waals surface area contributed by atoms with Gasteiger partial charge in [-0.15, -0.1) is 11.3 Å². The topological polar surface area (TPSA) is 67.2 Å². The summed E-state index contributed by atoms with van der Waals surface area (Å²) >= 11 is 1.63. The van der Waals surface area contributed by atoms with Gasteiger partial charge in [-0.1, -0.05) is 43.3 Å². The lowest BCUT2D eigenvalue weighted by Gasteiger charge is -2.25. The van der Waals surface area contributed by atoms with Crippen molar-refractivity contribution < 1.29 is 9.59 Å². The van der Waals surface area contributed by atoms with E-state index < -0.39 is 0 Å². The van der Waals surface area contributed by atoms with Crippen LogP contribution in [0.5, 0.6) is 0 Å². The molecule has 0 aliphatic carbocycles. The van der Waals surface area contributed by atoms with Crippen LogP contribution in [0, 0.1) is 0 Å². The SMILES string of the molecule is CCC(=O)Nc1cc(C(=O)N(C)C(C)c2cccs2)c2c(c1)nc(Cc1ccccc1)n2C. The molecule has 0 saturated carbocycles. The molecule has 1 unspecified atom stereocenters. The minimum absolute atomic E-state index is 0.0709. The van der Waals surface area contributed by atoms with Crippen molar-refractivity contribution in [2.24, 2.45) is 7.05 Å². The van der Waals surface area contributed by atoms with E-state index in [9.17, 15) is 9.59 Å². The van der Waals surface area contributed by atoms with Crippen molar-refractivity contribution >= 4 is 39.9 Å². The van der Waals surface area contributed by atoms with Crippen molar-refractivity contribution in [2.45, 2.75) is 32.7 Å². The number of nitrogens with zero attached hydrogens (tertiary/aromatic N) is 3. The van der Waals surface area contributed by atoms with Gasteiger partial charge >= 0.3 is 0 Å². The fourth-order valence-corrected chi connectivity index (χ4v) is 4.73. The van der Waals surface area contributed by atoms with Crippen LogP contribution in [-0.4, -0.2) is 33.3 Å². The molecule has 2 aromatic carbocycles. The average Bonchev–Trinajstić information content (AvgIpc) is 3.46. The van der Waals surface area contributed by atoms with E-state index in [0.717, 1.165) is 21.8 Å². The number of hydrogen-bond acceptors (Lipinski definition) is 4. The first-order chi connectivity index (χ1) is 15.9. The van der Waals surface area contributed by atoms with Crippen LogP contribution < -0.4 is 5.32 Å². The largest absolute Gasteiger partial charge is 0.334 e. The molecular formula is C26H28N4O2S. The van der Waals surface area contributed by atoms with Gasteiger partial charge in [0.15, 0.2) is 0 Å². The first-order valence-electron chi connectivity index (χ1n) is 11.0. The Bertz CT molecular complexity index is 1280. The molecule has 4 aromatic rings. The normalized spacial score (nSPS) is 12.0. The van der Waals surface area contributed by atoms with Gasteiger partial charge in [0.2, 0.25) is 5.91 Å². The van der Waals surface area contributed by atoms with Crippen LogP contribution in [0.4, 0.5) is 5.69 Å². The van der Waals surface area contributed by atoms with Gasteiger partial charge in [-0.2, -0.15) is 0 Å². The van der Waals surface area contributed by atoms with Gasteiger partial charge in [0.05, 0.1) is 22.6 Å². The van der Waals surface area contributed by atoms with Gasteiger partial charge in [0, 0.05) is 37.5 Å². The van der Waals surface area contributed by atoms with Crippen LogP contribution in [0.25, 0.3) is 11.0 Å². The van der Waals surface area contributed by atoms with Gasteiger partial charge in [-0.3, -0.25) is 9.59 Å². The fraction of sp³-hybridized carbons (Fsp3) is 0.269. The quantitative estimate of drug-likeness (QED) is 0.401. The second kappa shape index (κ2) is 9.58. The molecule has 0 spiro atoms. The summed E-state index contributed by atoms with van der Waals surface area (Å²) in [6, 6.07) is 17.7. The monoisotopic (exact) mass is 460 g/mol. The lowest BCUT2D eigenvalue weighted by molar-refractivity contribution is -0.115. The van der Waals surface area contributed by atoms with Gasteiger partial charge in [-0.05, 0) is 36.1 Å². The summed E-state index contributed by atoms with van der Waals surface area (Å²) in [5.41, 5.74) is 3.72. The Morgan fingerprint density at radius 2 is 1.91 bits per heavy atom. The molecule has 170 valence electrons. The number of carbonyl (C=O) groups excluding carboxylic acids is 2. The molecular weight excluding hydrogens is 432 g/mol. The van der Waals surface area contributed by atoms with Crippen molar-refractivity contribution in [2.75, 3.05) is 12.4 Å². The molecule has 0 bridgehead atoms. The van der Waals surface area contributed by atoms with Gasteiger partial charge in [-0.25, -0.2) is 4.98 Å². The highest BCUT2D eigenvalue weighted by Crippen LogP contribution is 2.30. The number of anilines is 1. The van der Waals surface area contributed by atoms with Crippen molar-refractivity contribution in [1.29, 1.82) is 0 Å². The van der Waals surface area contributed by atoms with E-state index in [1.54, 1.807) is 29.2 Å². The lowest BCUT2D eigenvalue weighted by Crippen LogP contribution is -2.29. The number of nitrogens with one attached hydrogen (secondary N) is 1. The number of amides is 2.